The Morgan fingerprint density at radius 2 is 1.58 bits per heavy atom. The minimum absolute atomic E-state index is 0.0435. The van der Waals surface area contributed by atoms with Gasteiger partial charge in [0.1, 0.15) is 23.5 Å². The van der Waals surface area contributed by atoms with Crippen molar-refractivity contribution in [1.29, 1.82) is 0 Å². The SMILES string of the molecule is C/C(=C\CN(C)C(=O)C(NC(=O)C(N(C)C(=O)OC(C)(C)C)C(C)(C)c1cn(C)c2ccc(F)cc12)C(C)(C)C)C(=O)ON1C(=O)CCC1=O. The van der Waals surface area contributed by atoms with Crippen LogP contribution in [0.1, 0.15) is 80.7 Å². The number of fused-ring (bicyclic) bond motifs is 1. The van der Waals surface area contributed by atoms with Crippen molar-refractivity contribution >= 4 is 46.6 Å². The van der Waals surface area contributed by atoms with Crippen molar-refractivity contribution in [3.05, 3.63) is 47.4 Å². The number of nitrogens with one attached hydrogen (secondary N) is 1. The van der Waals surface area contributed by atoms with Crippen LogP contribution < -0.4 is 5.32 Å². The average Bonchev–Trinajstić information content (AvgIpc) is 3.49. The Labute approximate surface area is 292 Å². The summed E-state index contributed by atoms with van der Waals surface area (Å²) in [5, 5.41) is 3.90. The summed E-state index contributed by atoms with van der Waals surface area (Å²) in [6, 6.07) is 2.04. The van der Waals surface area contributed by atoms with Gasteiger partial charge in [0.25, 0.3) is 11.8 Å². The Kier molecular flexibility index (Phi) is 11.6. The van der Waals surface area contributed by atoms with E-state index in [9.17, 15) is 33.2 Å². The van der Waals surface area contributed by atoms with Gasteiger partial charge in [-0.1, -0.05) is 40.7 Å². The normalized spacial score (nSPS) is 15.5. The van der Waals surface area contributed by atoms with Gasteiger partial charge >= 0.3 is 12.1 Å². The number of imide groups is 1. The van der Waals surface area contributed by atoms with Crippen LogP contribution in [0.2, 0.25) is 0 Å². The number of likely N-dealkylation sites (N-methyl/N-ethyl adjacent to an activating group) is 2. The largest absolute Gasteiger partial charge is 0.444 e. The number of carbonyl (C=O) groups excluding carboxylic acids is 6. The molecule has 1 saturated heterocycles. The van der Waals surface area contributed by atoms with Gasteiger partial charge in [-0.2, -0.15) is 0 Å². The summed E-state index contributed by atoms with van der Waals surface area (Å²) in [6.45, 7) is 15.3. The number of aryl methyl sites for hydroxylation is 1. The number of hydrogen-bond donors (Lipinski definition) is 1. The molecule has 2 aromatic rings. The maximum absolute atomic E-state index is 14.5. The van der Waals surface area contributed by atoms with Crippen LogP contribution in [0.4, 0.5) is 9.18 Å². The number of hydroxylamine groups is 2. The van der Waals surface area contributed by atoms with E-state index in [0.29, 0.717) is 16.0 Å². The Morgan fingerprint density at radius 1 is 1.00 bits per heavy atom. The summed E-state index contributed by atoms with van der Waals surface area (Å²) in [4.78, 5) is 85.6. The number of halogens is 1. The van der Waals surface area contributed by atoms with E-state index >= 15 is 0 Å². The van der Waals surface area contributed by atoms with Crippen molar-refractivity contribution in [2.24, 2.45) is 12.5 Å². The van der Waals surface area contributed by atoms with Crippen molar-refractivity contribution in [3.63, 3.8) is 0 Å². The summed E-state index contributed by atoms with van der Waals surface area (Å²) >= 11 is 0. The molecule has 0 spiro atoms. The van der Waals surface area contributed by atoms with Crippen LogP contribution in [0.15, 0.2) is 36.0 Å². The first-order valence-corrected chi connectivity index (χ1v) is 16.4. The number of aromatic nitrogens is 1. The molecule has 0 saturated carbocycles. The summed E-state index contributed by atoms with van der Waals surface area (Å²) in [5.41, 5.74) is -1.45. The van der Waals surface area contributed by atoms with Crippen molar-refractivity contribution in [2.45, 2.75) is 98.3 Å². The molecule has 1 aromatic carbocycles. The summed E-state index contributed by atoms with van der Waals surface area (Å²) < 4.78 is 22.0. The lowest BCUT2D eigenvalue weighted by Crippen LogP contribution is -2.62. The van der Waals surface area contributed by atoms with E-state index in [1.165, 1.54) is 49.0 Å². The summed E-state index contributed by atoms with van der Waals surface area (Å²) in [6.07, 6.45) is 2.35. The van der Waals surface area contributed by atoms with E-state index in [2.05, 4.69) is 5.32 Å². The van der Waals surface area contributed by atoms with E-state index < -0.39 is 70.0 Å². The zero-order valence-corrected chi connectivity index (χ0v) is 31.1. The quantitative estimate of drug-likeness (QED) is 0.284. The van der Waals surface area contributed by atoms with E-state index in [1.807, 2.05) is 4.57 Å². The maximum atomic E-state index is 14.5. The number of ether oxygens (including phenoxy) is 1. The topological polar surface area (TPSA) is 148 Å². The highest BCUT2D eigenvalue weighted by molar-refractivity contribution is 6.02. The van der Waals surface area contributed by atoms with Crippen LogP contribution in [0.5, 0.6) is 0 Å². The lowest BCUT2D eigenvalue weighted by molar-refractivity contribution is -0.194. The number of amides is 5. The third-order valence-electron chi connectivity index (χ3n) is 8.60. The molecule has 2 atom stereocenters. The molecule has 0 bridgehead atoms. The number of benzene rings is 1. The van der Waals surface area contributed by atoms with Gasteiger partial charge < -0.3 is 24.4 Å². The van der Waals surface area contributed by atoms with Crippen molar-refractivity contribution in [1.82, 2.24) is 24.7 Å². The molecule has 1 aromatic heterocycles. The molecule has 0 aliphatic carbocycles. The monoisotopic (exact) mass is 699 g/mol. The molecule has 2 unspecified atom stereocenters. The first-order valence-electron chi connectivity index (χ1n) is 16.4. The Bertz CT molecular complexity index is 1700. The number of carbonyl (C=O) groups is 6. The molecular weight excluding hydrogens is 649 g/mol. The Morgan fingerprint density at radius 3 is 2.12 bits per heavy atom. The first-order chi connectivity index (χ1) is 22.9. The molecule has 0 radical (unpaired) electrons. The molecule has 50 heavy (non-hydrogen) atoms. The fraction of sp³-hybridized carbons (Fsp3) is 0.556. The van der Waals surface area contributed by atoms with E-state index in [1.54, 1.807) is 74.7 Å². The van der Waals surface area contributed by atoms with Gasteiger partial charge in [0.05, 0.1) is 0 Å². The minimum Gasteiger partial charge on any atom is -0.444 e. The van der Waals surface area contributed by atoms with E-state index in [-0.39, 0.29) is 25.0 Å². The lowest BCUT2D eigenvalue weighted by atomic mass is 9.76. The smallest absolute Gasteiger partial charge is 0.410 e. The van der Waals surface area contributed by atoms with Gasteiger partial charge in [0, 0.05) is 68.6 Å². The van der Waals surface area contributed by atoms with Crippen molar-refractivity contribution in [2.75, 3.05) is 20.6 Å². The predicted molar refractivity (Wildman–Crippen MR) is 184 cm³/mol. The second kappa shape index (κ2) is 14.6. The van der Waals surface area contributed by atoms with Gasteiger partial charge in [0.15, 0.2) is 0 Å². The zero-order valence-electron chi connectivity index (χ0n) is 31.1. The fourth-order valence-electron chi connectivity index (χ4n) is 5.80. The zero-order chi connectivity index (χ0) is 38.1. The van der Waals surface area contributed by atoms with Crippen LogP contribution in [0.25, 0.3) is 10.9 Å². The third kappa shape index (κ3) is 8.88. The Hall–Kier alpha value is -4.75. The van der Waals surface area contributed by atoms with Crippen LogP contribution in [-0.2, 0) is 46.0 Å². The lowest BCUT2D eigenvalue weighted by Gasteiger charge is -2.41. The molecular formula is C36H50FN5O8. The molecule has 14 heteroatoms. The first kappa shape index (κ1) is 39.7. The molecule has 274 valence electrons. The van der Waals surface area contributed by atoms with Gasteiger partial charge in [-0.25, -0.2) is 14.0 Å². The van der Waals surface area contributed by atoms with Crippen molar-refractivity contribution < 1.29 is 42.7 Å². The van der Waals surface area contributed by atoms with Crippen molar-refractivity contribution in [3.8, 4) is 0 Å². The highest BCUT2D eigenvalue weighted by Crippen LogP contribution is 2.37. The highest BCUT2D eigenvalue weighted by Gasteiger charge is 2.46. The number of nitrogens with zero attached hydrogens (tertiary/aromatic N) is 4. The molecule has 1 aliphatic rings. The second-order valence-electron chi connectivity index (χ2n) is 15.4. The van der Waals surface area contributed by atoms with Crippen LogP contribution in [0, 0.1) is 11.2 Å². The molecule has 1 fully saturated rings. The Balaban J connectivity index is 1.95. The standard InChI is InChI=1S/C36H50FN5O8/c1-21(32(47)50-42-26(43)15-16-27(42)44)17-18-39(10)31(46)28(34(2,3)4)38-30(45)29(41(12)33(48)49-35(5,6)7)36(8,9)24-20-40(11)25-14-13-22(37)19-23(24)25/h13-14,17,19-20,28-29H,15-16,18H2,1-12H3,(H,38,45)/b21-17+. The van der Waals surface area contributed by atoms with Gasteiger partial charge in [-0.3, -0.25) is 24.1 Å². The molecule has 5 amide bonds. The van der Waals surface area contributed by atoms with Crippen LogP contribution >= 0.6 is 0 Å². The van der Waals surface area contributed by atoms with E-state index in [4.69, 9.17) is 9.57 Å². The number of hydrogen-bond acceptors (Lipinski definition) is 8. The summed E-state index contributed by atoms with van der Waals surface area (Å²) in [5.74, 6) is -3.74. The summed E-state index contributed by atoms with van der Waals surface area (Å²) in [7, 11) is 4.74. The molecule has 1 N–H and O–H groups in total. The maximum Gasteiger partial charge on any atom is 0.410 e. The molecule has 2 heterocycles. The van der Waals surface area contributed by atoms with Crippen LogP contribution in [0.3, 0.4) is 0 Å². The van der Waals surface area contributed by atoms with E-state index in [0.717, 1.165) is 5.52 Å². The van der Waals surface area contributed by atoms with Gasteiger partial charge in [-0.05, 0) is 56.9 Å². The van der Waals surface area contributed by atoms with Crippen LogP contribution in [-0.4, -0.2) is 93.4 Å². The van der Waals surface area contributed by atoms with Gasteiger partial charge in [-0.15, -0.1) is 5.06 Å². The fourth-order valence-corrected chi connectivity index (χ4v) is 5.80. The average molecular weight is 700 g/mol. The minimum atomic E-state index is -1.23. The second-order valence-corrected chi connectivity index (χ2v) is 15.4. The molecule has 13 nitrogen and oxygen atoms in total. The highest BCUT2D eigenvalue weighted by atomic mass is 19.1. The van der Waals surface area contributed by atoms with Gasteiger partial charge in [0.2, 0.25) is 11.8 Å². The molecule has 3 rings (SSSR count). The third-order valence-corrected chi connectivity index (χ3v) is 8.60. The number of rotatable bonds is 10. The predicted octanol–water partition coefficient (Wildman–Crippen LogP) is 4.37. The molecule has 1 aliphatic heterocycles.